The van der Waals surface area contributed by atoms with Crippen molar-refractivity contribution in [3.05, 3.63) is 246 Å². The number of nitriles is 3. The summed E-state index contributed by atoms with van der Waals surface area (Å²) in [5, 5.41) is 27.7. The van der Waals surface area contributed by atoms with Gasteiger partial charge in [-0.25, -0.2) is 8.78 Å². The van der Waals surface area contributed by atoms with Crippen molar-refractivity contribution in [2.45, 2.75) is 124 Å². The van der Waals surface area contributed by atoms with Gasteiger partial charge in [-0.2, -0.15) is 15.8 Å². The van der Waals surface area contributed by atoms with Crippen molar-refractivity contribution >= 4 is 35.6 Å². The average molecular weight is 1400 g/mol. The van der Waals surface area contributed by atoms with Crippen molar-refractivity contribution in [3.8, 4) is 18.2 Å². The summed E-state index contributed by atoms with van der Waals surface area (Å²) in [6, 6.07) is 52.9. The first kappa shape index (κ1) is 69.0. The molecule has 0 saturated heterocycles. The number of halogens is 2. The summed E-state index contributed by atoms with van der Waals surface area (Å²) in [7, 11) is 0. The summed E-state index contributed by atoms with van der Waals surface area (Å²) in [4.78, 5) is 75.9. The quantitative estimate of drug-likeness (QED) is 0.107. The number of aliphatic imine (C=N–C) groups is 3. The van der Waals surface area contributed by atoms with E-state index in [4.69, 9.17) is 15.0 Å². The van der Waals surface area contributed by atoms with E-state index in [0.717, 1.165) is 179 Å². The molecule has 18 nitrogen and oxygen atoms in total. The van der Waals surface area contributed by atoms with Crippen LogP contribution in [0, 0.1) is 64.1 Å². The first-order valence-corrected chi connectivity index (χ1v) is 37.1. The molecule has 0 atom stereocenters. The zero-order chi connectivity index (χ0) is 72.4. The van der Waals surface area contributed by atoms with Crippen molar-refractivity contribution in [1.29, 1.82) is 15.8 Å². The third-order valence-corrected chi connectivity index (χ3v) is 23.3. The zero-order valence-electron chi connectivity index (χ0n) is 60.1. The minimum absolute atomic E-state index is 0.0399. The maximum atomic E-state index is 13.9. The van der Waals surface area contributed by atoms with E-state index in [1.54, 1.807) is 23.1 Å². The molecule has 0 bridgehead atoms. The SMILES string of the molecule is CC(F)(F)c1ccc(CN2C(=O)C3=C(CCN(Cc4cccc(C#N)c4)C3)N3CC4(CC4)CN=C23)cc1.Cc1ccc(CN2C(=O)C3=C(CCN(Cc4cccc(C#N)c4)C3)N3CC4(CC4)CN=C23)cc1.Cc1ccc(CN2C(=O)C3=C(CCN(Cc4cccc(C#N)c4)C3)N3CC4(CC4)CN=C23)cc1. The molecule has 3 aliphatic carbocycles. The molecule has 6 aromatic carbocycles. The highest BCUT2D eigenvalue weighted by Crippen LogP contribution is 2.53. The maximum absolute atomic E-state index is 13.9. The molecule has 18 rings (SSSR count). The third kappa shape index (κ3) is 14.5. The van der Waals surface area contributed by atoms with Gasteiger partial charge in [0.1, 0.15) is 0 Å². The van der Waals surface area contributed by atoms with Crippen LogP contribution in [0.5, 0.6) is 0 Å². The molecule has 3 saturated carbocycles. The summed E-state index contributed by atoms with van der Waals surface area (Å²) in [5.41, 5.74) is 17.6. The second-order valence-electron chi connectivity index (χ2n) is 31.4. The molecule has 3 fully saturated rings. The Balaban J connectivity index is 0.000000121. The fourth-order valence-corrected chi connectivity index (χ4v) is 16.5. The number of aryl methyl sites for hydroxylation is 2. The van der Waals surface area contributed by atoms with Gasteiger partial charge >= 0.3 is 0 Å². The topological polar surface area (TPSA) is 189 Å². The van der Waals surface area contributed by atoms with Crippen LogP contribution < -0.4 is 0 Å². The van der Waals surface area contributed by atoms with E-state index in [9.17, 15) is 39.0 Å². The van der Waals surface area contributed by atoms with Crippen molar-refractivity contribution in [2.24, 2.45) is 31.2 Å². The molecular formula is C85H87F2N15O3. The Labute approximate surface area is 613 Å². The Hall–Kier alpha value is -10.4. The molecule has 6 aromatic rings. The van der Waals surface area contributed by atoms with Gasteiger partial charge in [0.15, 0.2) is 0 Å². The monoisotopic (exact) mass is 1400 g/mol. The Morgan fingerprint density at radius 3 is 0.981 bits per heavy atom. The molecule has 0 N–H and O–H groups in total. The number of alkyl halides is 2. The highest BCUT2D eigenvalue weighted by atomic mass is 19.3. The third-order valence-electron chi connectivity index (χ3n) is 23.3. The summed E-state index contributed by atoms with van der Waals surface area (Å²) in [5.74, 6) is -0.395. The predicted molar refractivity (Wildman–Crippen MR) is 396 cm³/mol. The smallest absolute Gasteiger partial charge is 0.270 e. The van der Waals surface area contributed by atoms with Crippen LogP contribution in [-0.4, -0.2) is 158 Å². The number of carbonyl (C=O) groups is 3. The summed E-state index contributed by atoms with van der Waals surface area (Å²) in [6.07, 6.45) is 9.72. The van der Waals surface area contributed by atoms with E-state index in [1.165, 1.54) is 60.3 Å². The van der Waals surface area contributed by atoms with E-state index >= 15 is 0 Å². The summed E-state index contributed by atoms with van der Waals surface area (Å²) < 4.78 is 27.4. The summed E-state index contributed by atoms with van der Waals surface area (Å²) in [6.45, 7) is 18.2. The zero-order valence-corrected chi connectivity index (χ0v) is 60.1. The number of guanidine groups is 3. The lowest BCUT2D eigenvalue weighted by Crippen LogP contribution is -2.58. The minimum atomic E-state index is -2.90. The molecule has 12 aliphatic rings. The van der Waals surface area contributed by atoms with Crippen LogP contribution in [0.4, 0.5) is 8.78 Å². The van der Waals surface area contributed by atoms with Crippen LogP contribution in [0.25, 0.3) is 0 Å². The highest BCUT2D eigenvalue weighted by molar-refractivity contribution is 6.11. The van der Waals surface area contributed by atoms with Gasteiger partial charge in [0, 0.05) is 144 Å². The van der Waals surface area contributed by atoms with Crippen molar-refractivity contribution < 1.29 is 23.2 Å². The van der Waals surface area contributed by atoms with E-state index in [-0.39, 0.29) is 35.2 Å². The second kappa shape index (κ2) is 27.9. The molecular weight excluding hydrogens is 1320 g/mol. The Bertz CT molecular complexity index is 4610. The molecule has 0 aromatic heterocycles. The van der Waals surface area contributed by atoms with E-state index < -0.39 is 5.92 Å². The molecule has 20 heteroatoms. The normalized spacial score (nSPS) is 21.1. The Morgan fingerprint density at radius 1 is 0.410 bits per heavy atom. The number of carbonyl (C=O) groups excluding carboxylic acids is 3. The first-order valence-electron chi connectivity index (χ1n) is 37.1. The fraction of sp³-hybridized carbons (Fsp3) is 0.400. The molecule has 9 aliphatic heterocycles. The Kier molecular flexibility index (Phi) is 18.3. The van der Waals surface area contributed by atoms with Crippen LogP contribution >= 0.6 is 0 Å². The average Bonchev–Trinajstić information content (AvgIpc) is 1.53. The number of nitrogens with zero attached hydrogens (tertiary/aromatic N) is 15. The van der Waals surface area contributed by atoms with Crippen LogP contribution in [0.3, 0.4) is 0 Å². The number of benzene rings is 6. The van der Waals surface area contributed by atoms with Gasteiger partial charge in [-0.3, -0.25) is 58.8 Å². The number of hydrogen-bond acceptors (Lipinski definition) is 15. The number of hydrogen-bond donors (Lipinski definition) is 0. The lowest BCUT2D eigenvalue weighted by Gasteiger charge is -2.47. The number of amides is 3. The first-order chi connectivity index (χ1) is 50.8. The molecule has 3 amide bonds. The number of fused-ring (bicyclic) bond motifs is 6. The summed E-state index contributed by atoms with van der Waals surface area (Å²) >= 11 is 0. The van der Waals surface area contributed by atoms with Crippen LogP contribution in [-0.2, 0) is 59.6 Å². The largest absolute Gasteiger partial charge is 0.315 e. The van der Waals surface area contributed by atoms with E-state index in [0.29, 0.717) is 72.7 Å². The van der Waals surface area contributed by atoms with E-state index in [2.05, 4.69) is 122 Å². The molecule has 105 heavy (non-hydrogen) atoms. The second-order valence-corrected chi connectivity index (χ2v) is 31.4. The fourth-order valence-electron chi connectivity index (χ4n) is 16.5. The van der Waals surface area contributed by atoms with Crippen LogP contribution in [0.15, 0.2) is 194 Å². The lowest BCUT2D eigenvalue weighted by molar-refractivity contribution is -0.126. The standard InChI is InChI=1S/C29H29F2N5O.2C28H29N5O/c1-28(30,31)23-7-5-20(6-8-23)16-35-26(37)24-17-34(15-22-4-2-3-21(13-22)14-32)12-9-25(24)36-19-29(10-11-29)18-33-27(35)36;2*1-20-5-7-21(8-6-20)16-32-26(34)24-17-31(15-23-4-2-3-22(13-23)14-29)12-9-25(24)33-19-28(10-11-28)18-30-27(32)33/h2-8,13H,9-12,15-19H2,1H3;2*2-8,13H,9-12,15-19H2,1H3. The molecule has 534 valence electrons. The van der Waals surface area contributed by atoms with Gasteiger partial charge in [0.2, 0.25) is 17.9 Å². The van der Waals surface area contributed by atoms with Crippen LogP contribution in [0.1, 0.15) is 131 Å². The van der Waals surface area contributed by atoms with Gasteiger partial charge in [-0.15, -0.1) is 0 Å². The molecule has 0 radical (unpaired) electrons. The van der Waals surface area contributed by atoms with Crippen molar-refractivity contribution in [1.82, 2.24) is 44.1 Å². The van der Waals surface area contributed by atoms with Gasteiger partial charge in [0.25, 0.3) is 23.6 Å². The number of rotatable bonds is 13. The van der Waals surface area contributed by atoms with Gasteiger partial charge in [0.05, 0.1) is 90.9 Å². The molecule has 3 spiro atoms. The van der Waals surface area contributed by atoms with E-state index in [1.807, 2.05) is 64.4 Å². The maximum Gasteiger partial charge on any atom is 0.270 e. The molecule has 0 unspecified atom stereocenters. The van der Waals surface area contributed by atoms with Crippen molar-refractivity contribution in [2.75, 3.05) is 78.5 Å². The molecule has 9 heterocycles. The van der Waals surface area contributed by atoms with Gasteiger partial charge in [-0.05, 0) is 122 Å². The van der Waals surface area contributed by atoms with Gasteiger partial charge in [-0.1, -0.05) is 120 Å². The highest BCUT2D eigenvalue weighted by Gasteiger charge is 2.54. The van der Waals surface area contributed by atoms with Crippen LogP contribution in [0.2, 0.25) is 0 Å². The van der Waals surface area contributed by atoms with Gasteiger partial charge < -0.3 is 14.7 Å². The predicted octanol–water partition coefficient (Wildman–Crippen LogP) is 12.3. The lowest BCUT2D eigenvalue weighted by atomic mass is 9.96. The Morgan fingerprint density at radius 2 is 0.705 bits per heavy atom. The minimum Gasteiger partial charge on any atom is -0.315 e. The van der Waals surface area contributed by atoms with Crippen molar-refractivity contribution in [3.63, 3.8) is 0 Å².